The fourth-order valence-corrected chi connectivity index (χ4v) is 2.47. The van der Waals surface area contributed by atoms with E-state index in [-0.39, 0.29) is 17.4 Å². The maximum atomic E-state index is 11.6. The van der Waals surface area contributed by atoms with Gasteiger partial charge < -0.3 is 19.9 Å². The Morgan fingerprint density at radius 1 is 1.35 bits per heavy atom. The summed E-state index contributed by atoms with van der Waals surface area (Å²) in [7, 11) is 0. The molecule has 1 amide bonds. The summed E-state index contributed by atoms with van der Waals surface area (Å²) in [6, 6.07) is 4.79. The number of hydrogen-bond acceptors (Lipinski definition) is 5. The summed E-state index contributed by atoms with van der Waals surface area (Å²) in [5.41, 5.74) is 0.838. The van der Waals surface area contributed by atoms with Crippen LogP contribution in [0.3, 0.4) is 0 Å². The minimum absolute atomic E-state index is 0.112. The lowest BCUT2D eigenvalue weighted by molar-refractivity contribution is -0.120. The molecule has 1 fully saturated rings. The lowest BCUT2D eigenvalue weighted by Crippen LogP contribution is -2.31. The van der Waals surface area contributed by atoms with Crippen LogP contribution in [0.5, 0.6) is 11.5 Å². The molecular formula is C17H23NO5. The molecule has 1 atom stereocenters. The monoisotopic (exact) mass is 321 g/mol. The molecule has 1 aromatic carbocycles. The predicted molar refractivity (Wildman–Crippen MR) is 84.2 cm³/mol. The number of unbranched alkanes of at least 4 members (excludes halogenated alkanes) is 3. The third-order valence-electron chi connectivity index (χ3n) is 3.75. The molecule has 1 unspecified atom stereocenters. The standard InChI is InChI=1S/C17H23NO5/c1-2-3-4-5-6-12-7-8-13(11-14(12)19)22-17(21)23-16-10-9-15(20)18-16/h7-8,11,16,19H,2-6,9-10H2,1H3,(H,18,20). The molecule has 0 spiro atoms. The van der Waals surface area contributed by atoms with Gasteiger partial charge in [0.05, 0.1) is 0 Å². The maximum absolute atomic E-state index is 11.6. The highest BCUT2D eigenvalue weighted by molar-refractivity contribution is 5.78. The van der Waals surface area contributed by atoms with Crippen molar-refractivity contribution < 1.29 is 24.2 Å². The number of ether oxygens (including phenoxy) is 2. The van der Waals surface area contributed by atoms with Crippen molar-refractivity contribution in [3.05, 3.63) is 23.8 Å². The first kappa shape index (κ1) is 17.1. The average Bonchev–Trinajstić information content (AvgIpc) is 2.90. The zero-order valence-electron chi connectivity index (χ0n) is 13.3. The lowest BCUT2D eigenvalue weighted by atomic mass is 10.1. The Morgan fingerprint density at radius 2 is 2.17 bits per heavy atom. The van der Waals surface area contributed by atoms with Gasteiger partial charge in [0.1, 0.15) is 11.5 Å². The molecule has 2 N–H and O–H groups in total. The molecule has 0 bridgehead atoms. The van der Waals surface area contributed by atoms with E-state index in [1.165, 1.54) is 18.9 Å². The predicted octanol–water partition coefficient (Wildman–Crippen LogP) is 3.27. The van der Waals surface area contributed by atoms with Crippen LogP contribution in [0.15, 0.2) is 18.2 Å². The first-order valence-electron chi connectivity index (χ1n) is 8.08. The van der Waals surface area contributed by atoms with Gasteiger partial charge >= 0.3 is 6.16 Å². The molecule has 0 aromatic heterocycles. The van der Waals surface area contributed by atoms with E-state index >= 15 is 0 Å². The molecule has 6 heteroatoms. The van der Waals surface area contributed by atoms with Crippen LogP contribution in [0, 0.1) is 0 Å². The minimum Gasteiger partial charge on any atom is -0.508 e. The number of aryl methyl sites for hydroxylation is 1. The van der Waals surface area contributed by atoms with Crippen molar-refractivity contribution in [2.24, 2.45) is 0 Å². The molecule has 1 aromatic rings. The minimum atomic E-state index is -0.896. The average molecular weight is 321 g/mol. The number of carbonyl (C=O) groups is 2. The van der Waals surface area contributed by atoms with Crippen molar-refractivity contribution in [3.63, 3.8) is 0 Å². The van der Waals surface area contributed by atoms with Crippen molar-refractivity contribution in [2.75, 3.05) is 0 Å². The molecular weight excluding hydrogens is 298 g/mol. The van der Waals surface area contributed by atoms with Crippen molar-refractivity contribution in [3.8, 4) is 11.5 Å². The van der Waals surface area contributed by atoms with Crippen LogP contribution in [-0.2, 0) is 16.0 Å². The van der Waals surface area contributed by atoms with Crippen LogP contribution in [-0.4, -0.2) is 23.4 Å². The number of nitrogens with one attached hydrogen (secondary N) is 1. The molecule has 1 aliphatic rings. The number of hydrogen-bond donors (Lipinski definition) is 2. The van der Waals surface area contributed by atoms with Crippen LogP contribution in [0.25, 0.3) is 0 Å². The number of phenolic OH excluding ortho intramolecular Hbond substituents is 1. The van der Waals surface area contributed by atoms with Crippen LogP contribution < -0.4 is 10.1 Å². The van der Waals surface area contributed by atoms with Gasteiger partial charge in [0.15, 0.2) is 6.23 Å². The van der Waals surface area contributed by atoms with E-state index in [9.17, 15) is 14.7 Å². The summed E-state index contributed by atoms with van der Waals surface area (Å²) in [4.78, 5) is 22.7. The summed E-state index contributed by atoms with van der Waals surface area (Å²) >= 11 is 0. The third-order valence-corrected chi connectivity index (χ3v) is 3.75. The molecule has 0 radical (unpaired) electrons. The van der Waals surface area contributed by atoms with E-state index in [4.69, 9.17) is 9.47 Å². The van der Waals surface area contributed by atoms with E-state index in [1.54, 1.807) is 12.1 Å². The Morgan fingerprint density at radius 3 is 2.83 bits per heavy atom. The summed E-state index contributed by atoms with van der Waals surface area (Å²) in [5.74, 6) is 0.183. The van der Waals surface area contributed by atoms with Gasteiger partial charge in [0, 0.05) is 18.9 Å². The zero-order chi connectivity index (χ0) is 16.7. The van der Waals surface area contributed by atoms with Gasteiger partial charge in [-0.2, -0.15) is 0 Å². The Hall–Kier alpha value is -2.24. The Kier molecular flexibility index (Phi) is 6.26. The summed E-state index contributed by atoms with van der Waals surface area (Å²) < 4.78 is 9.99. The van der Waals surface area contributed by atoms with Gasteiger partial charge in [-0.15, -0.1) is 0 Å². The fraction of sp³-hybridized carbons (Fsp3) is 0.529. The smallest absolute Gasteiger partial charge is 0.508 e. The van der Waals surface area contributed by atoms with E-state index in [2.05, 4.69) is 12.2 Å². The Balaban J connectivity index is 1.82. The van der Waals surface area contributed by atoms with E-state index in [0.717, 1.165) is 24.8 Å². The van der Waals surface area contributed by atoms with Gasteiger partial charge in [0.2, 0.25) is 5.91 Å². The molecule has 1 saturated heterocycles. The third kappa shape index (κ3) is 5.47. The van der Waals surface area contributed by atoms with Crippen molar-refractivity contribution >= 4 is 12.1 Å². The Bertz CT molecular complexity index is 558. The summed E-state index contributed by atoms with van der Waals surface area (Å²) in [6.07, 6.45) is 4.55. The van der Waals surface area contributed by atoms with Gasteiger partial charge in [-0.3, -0.25) is 4.79 Å². The number of amides is 1. The van der Waals surface area contributed by atoms with Crippen LogP contribution in [0.1, 0.15) is 51.0 Å². The molecule has 0 saturated carbocycles. The van der Waals surface area contributed by atoms with Crippen LogP contribution in [0.2, 0.25) is 0 Å². The molecule has 23 heavy (non-hydrogen) atoms. The van der Waals surface area contributed by atoms with Crippen LogP contribution in [0.4, 0.5) is 4.79 Å². The van der Waals surface area contributed by atoms with Crippen LogP contribution >= 0.6 is 0 Å². The highest BCUT2D eigenvalue weighted by atomic mass is 16.7. The number of benzene rings is 1. The SMILES string of the molecule is CCCCCCc1ccc(OC(=O)OC2CCC(=O)N2)cc1O. The lowest BCUT2D eigenvalue weighted by Gasteiger charge is -2.12. The van der Waals surface area contributed by atoms with Gasteiger partial charge in [-0.25, -0.2) is 4.79 Å². The van der Waals surface area contributed by atoms with Gasteiger partial charge in [-0.05, 0) is 24.5 Å². The number of aromatic hydroxyl groups is 1. The van der Waals surface area contributed by atoms with Crippen molar-refractivity contribution in [1.82, 2.24) is 5.32 Å². The normalized spacial score (nSPS) is 16.9. The highest BCUT2D eigenvalue weighted by Crippen LogP contribution is 2.25. The molecule has 1 aliphatic heterocycles. The number of rotatable bonds is 7. The van der Waals surface area contributed by atoms with Crippen molar-refractivity contribution in [1.29, 1.82) is 0 Å². The number of carbonyl (C=O) groups excluding carboxylic acids is 2. The van der Waals surface area contributed by atoms with E-state index in [0.29, 0.717) is 12.8 Å². The van der Waals surface area contributed by atoms with Gasteiger partial charge in [0.25, 0.3) is 0 Å². The zero-order valence-corrected chi connectivity index (χ0v) is 13.3. The summed E-state index contributed by atoms with van der Waals surface area (Å²) in [6.45, 7) is 2.15. The van der Waals surface area contributed by atoms with Gasteiger partial charge in [-0.1, -0.05) is 32.3 Å². The highest BCUT2D eigenvalue weighted by Gasteiger charge is 2.25. The Labute approximate surface area is 135 Å². The molecule has 6 nitrogen and oxygen atoms in total. The number of phenols is 1. The van der Waals surface area contributed by atoms with E-state index in [1.807, 2.05) is 0 Å². The molecule has 1 heterocycles. The summed E-state index contributed by atoms with van der Waals surface area (Å²) in [5, 5.41) is 12.5. The molecule has 0 aliphatic carbocycles. The van der Waals surface area contributed by atoms with Crippen molar-refractivity contribution in [2.45, 2.75) is 58.1 Å². The first-order valence-corrected chi connectivity index (χ1v) is 8.08. The maximum Gasteiger partial charge on any atom is 0.515 e. The second kappa shape index (κ2) is 8.41. The second-order valence-electron chi connectivity index (χ2n) is 5.67. The topological polar surface area (TPSA) is 84.9 Å². The molecule has 126 valence electrons. The first-order chi connectivity index (χ1) is 11.1. The molecule has 2 rings (SSSR count). The van der Waals surface area contributed by atoms with E-state index < -0.39 is 12.4 Å². The fourth-order valence-electron chi connectivity index (χ4n) is 2.47. The second-order valence-corrected chi connectivity index (χ2v) is 5.67. The largest absolute Gasteiger partial charge is 0.515 e. The quantitative estimate of drug-likeness (QED) is 0.457.